The van der Waals surface area contributed by atoms with E-state index < -0.39 is 29.1 Å². The number of carbonyl (C=O) groups is 4. The molecule has 0 fully saturated rings. The Balaban J connectivity index is 4.33. The molecule has 1 amide bonds. The van der Waals surface area contributed by atoms with Gasteiger partial charge in [0.05, 0.1) is 6.54 Å². The average molecular weight is 292 g/mol. The van der Waals surface area contributed by atoms with Crippen molar-refractivity contribution in [2.75, 3.05) is 19.3 Å². The number of hydrogen-bond donors (Lipinski definition) is 4. The molecule has 8 nitrogen and oxygen atoms in total. The Bertz CT molecular complexity index is 349. The Kier molecular flexibility index (Phi) is 8.55. The molecule has 0 heterocycles. The highest BCUT2D eigenvalue weighted by Gasteiger charge is 2.24. The molecular weight excluding hydrogens is 276 g/mol. The van der Waals surface area contributed by atoms with E-state index in [2.05, 4.69) is 10.6 Å². The number of carboxylic acids is 2. The van der Waals surface area contributed by atoms with Crippen LogP contribution in [-0.2, 0) is 19.2 Å². The Labute approximate surface area is 113 Å². The van der Waals surface area contributed by atoms with E-state index in [1.807, 2.05) is 0 Å². The Morgan fingerprint density at radius 3 is 2.32 bits per heavy atom. The van der Waals surface area contributed by atoms with Crippen molar-refractivity contribution in [1.82, 2.24) is 10.6 Å². The summed E-state index contributed by atoms with van der Waals surface area (Å²) in [7, 11) is 1.45. The van der Waals surface area contributed by atoms with E-state index in [0.29, 0.717) is 6.29 Å². The largest absolute Gasteiger partial charge is 0.480 e. The average Bonchev–Trinajstić information content (AvgIpc) is 2.34. The maximum Gasteiger partial charge on any atom is 0.321 e. The Morgan fingerprint density at radius 2 is 1.89 bits per heavy atom. The zero-order valence-corrected chi connectivity index (χ0v) is 11.1. The van der Waals surface area contributed by atoms with E-state index in [1.165, 1.54) is 7.05 Å². The molecule has 0 spiro atoms. The quantitative estimate of drug-likeness (QED) is 0.359. The van der Waals surface area contributed by atoms with Crippen LogP contribution in [0.5, 0.6) is 0 Å². The van der Waals surface area contributed by atoms with Gasteiger partial charge >= 0.3 is 11.9 Å². The second-order valence-electron chi connectivity index (χ2n) is 3.51. The van der Waals surface area contributed by atoms with Crippen molar-refractivity contribution in [2.24, 2.45) is 0 Å². The summed E-state index contributed by atoms with van der Waals surface area (Å²) in [6.45, 7) is -0.176. The van der Waals surface area contributed by atoms with Gasteiger partial charge in [0, 0.05) is 12.2 Å². The van der Waals surface area contributed by atoms with Crippen LogP contribution in [0.25, 0.3) is 0 Å². The summed E-state index contributed by atoms with van der Waals surface area (Å²) in [5.41, 5.74) is 0. The molecule has 2 atom stereocenters. The fourth-order valence-electron chi connectivity index (χ4n) is 1.10. The van der Waals surface area contributed by atoms with Crippen molar-refractivity contribution < 1.29 is 29.4 Å². The van der Waals surface area contributed by atoms with E-state index in [-0.39, 0.29) is 18.7 Å². The third-order valence-corrected chi connectivity index (χ3v) is 3.44. The van der Waals surface area contributed by atoms with Gasteiger partial charge in [0.15, 0.2) is 0 Å². The number of nitrogens with one attached hydrogen (secondary N) is 2. The fourth-order valence-corrected chi connectivity index (χ4v) is 2.25. The molecule has 0 aromatic carbocycles. The van der Waals surface area contributed by atoms with Crippen molar-refractivity contribution in [3.63, 3.8) is 0 Å². The maximum atomic E-state index is 11.3. The lowest BCUT2D eigenvalue weighted by atomic mass is 10.3. The van der Waals surface area contributed by atoms with Crippen LogP contribution in [-0.4, -0.2) is 65.0 Å². The van der Waals surface area contributed by atoms with Gasteiger partial charge in [-0.15, -0.1) is 11.8 Å². The first-order valence-electron chi connectivity index (χ1n) is 5.37. The molecule has 0 aromatic heterocycles. The van der Waals surface area contributed by atoms with Crippen LogP contribution in [0.3, 0.4) is 0 Å². The van der Waals surface area contributed by atoms with Gasteiger partial charge in [-0.25, -0.2) is 0 Å². The summed E-state index contributed by atoms with van der Waals surface area (Å²) < 4.78 is 0. The lowest BCUT2D eigenvalue weighted by molar-refractivity contribution is -0.139. The molecule has 19 heavy (non-hydrogen) atoms. The number of carboxylic acid groups (broad SMARTS) is 2. The minimum atomic E-state index is -1.20. The van der Waals surface area contributed by atoms with Crippen LogP contribution < -0.4 is 10.6 Å². The molecule has 0 saturated carbocycles. The predicted molar refractivity (Wildman–Crippen MR) is 68.1 cm³/mol. The molecule has 9 heteroatoms. The van der Waals surface area contributed by atoms with Gasteiger partial charge in [-0.05, 0) is 7.05 Å². The first-order valence-corrected chi connectivity index (χ1v) is 6.42. The van der Waals surface area contributed by atoms with Crippen LogP contribution in [0, 0.1) is 0 Å². The lowest BCUT2D eigenvalue weighted by Gasteiger charge is -2.15. The third kappa shape index (κ3) is 7.42. The lowest BCUT2D eigenvalue weighted by Crippen LogP contribution is -2.38. The Hall–Kier alpha value is -1.61. The van der Waals surface area contributed by atoms with E-state index >= 15 is 0 Å². The molecule has 0 saturated heterocycles. The fraction of sp³-hybridized carbons (Fsp3) is 0.600. The molecule has 0 radical (unpaired) electrons. The minimum absolute atomic E-state index is 0.0176. The van der Waals surface area contributed by atoms with Gasteiger partial charge in [-0.1, -0.05) is 0 Å². The van der Waals surface area contributed by atoms with Gasteiger partial charge in [-0.2, -0.15) is 0 Å². The van der Waals surface area contributed by atoms with Crippen molar-refractivity contribution in [3.05, 3.63) is 0 Å². The highest BCUT2D eigenvalue weighted by molar-refractivity contribution is 8.00. The summed E-state index contributed by atoms with van der Waals surface area (Å²) in [6, 6.07) is -0.884. The van der Waals surface area contributed by atoms with Crippen molar-refractivity contribution in [1.29, 1.82) is 0 Å². The summed E-state index contributed by atoms with van der Waals surface area (Å²) in [5, 5.41) is 21.4. The molecule has 0 aromatic rings. The molecule has 4 N–H and O–H groups in total. The first-order chi connectivity index (χ1) is 8.92. The van der Waals surface area contributed by atoms with Crippen molar-refractivity contribution in [3.8, 4) is 0 Å². The monoisotopic (exact) mass is 292 g/mol. The number of rotatable bonds is 10. The molecule has 0 aliphatic carbocycles. The molecule has 0 bridgehead atoms. The van der Waals surface area contributed by atoms with E-state index in [4.69, 9.17) is 10.2 Å². The number of carbonyl (C=O) groups excluding carboxylic acids is 2. The van der Waals surface area contributed by atoms with Gasteiger partial charge in [0.2, 0.25) is 5.91 Å². The van der Waals surface area contributed by atoms with Gasteiger partial charge in [-0.3, -0.25) is 14.4 Å². The van der Waals surface area contributed by atoms with E-state index in [9.17, 15) is 19.2 Å². The van der Waals surface area contributed by atoms with Crippen molar-refractivity contribution >= 4 is 35.9 Å². The number of aldehydes is 1. The molecule has 108 valence electrons. The summed E-state index contributed by atoms with van der Waals surface area (Å²) in [5.74, 6) is -2.84. The number of amides is 1. The second kappa shape index (κ2) is 9.34. The molecular formula is C10H16N2O6S. The number of likely N-dealkylation sites (N-methyl/N-ethyl adjacent to an activating group) is 1. The van der Waals surface area contributed by atoms with Gasteiger partial charge in [0.1, 0.15) is 17.6 Å². The maximum absolute atomic E-state index is 11.3. The number of hydrogen-bond acceptors (Lipinski definition) is 6. The Morgan fingerprint density at radius 1 is 1.26 bits per heavy atom. The van der Waals surface area contributed by atoms with Crippen LogP contribution in [0.4, 0.5) is 0 Å². The van der Waals surface area contributed by atoms with Crippen LogP contribution in [0.15, 0.2) is 0 Å². The van der Waals surface area contributed by atoms with Crippen LogP contribution >= 0.6 is 11.8 Å². The van der Waals surface area contributed by atoms with Gasteiger partial charge in [0.25, 0.3) is 0 Å². The predicted octanol–water partition coefficient (Wildman–Crippen LogP) is -1.45. The van der Waals surface area contributed by atoms with E-state index in [1.54, 1.807) is 0 Å². The number of thioether (sulfide) groups is 1. The second-order valence-corrected chi connectivity index (χ2v) is 4.75. The summed E-state index contributed by atoms with van der Waals surface area (Å²) >= 11 is 0.860. The topological polar surface area (TPSA) is 133 Å². The number of aliphatic carboxylic acids is 2. The third-order valence-electron chi connectivity index (χ3n) is 2.14. The molecule has 0 aliphatic rings. The smallest absolute Gasteiger partial charge is 0.321 e. The summed E-state index contributed by atoms with van der Waals surface area (Å²) in [6.07, 6.45) is 0.173. The van der Waals surface area contributed by atoms with E-state index in [0.717, 1.165) is 11.8 Å². The molecule has 0 aliphatic heterocycles. The zero-order valence-electron chi connectivity index (χ0n) is 10.3. The zero-order chi connectivity index (χ0) is 14.8. The SMILES string of the molecule is CNC(CSC(CC(=O)NCC=O)C(=O)O)C(=O)O. The standard InChI is InChI=1S/C10H16N2O6S/c1-11-6(9(15)16)5-19-7(10(17)18)4-8(14)12-2-3-13/h3,6-7,11H,2,4-5H2,1H3,(H,12,14)(H,15,16)(H,17,18). The molecule has 2 unspecified atom stereocenters. The minimum Gasteiger partial charge on any atom is -0.480 e. The molecule has 0 rings (SSSR count). The highest BCUT2D eigenvalue weighted by atomic mass is 32.2. The first kappa shape index (κ1) is 17.4. The van der Waals surface area contributed by atoms with Crippen LogP contribution in [0.1, 0.15) is 6.42 Å². The van der Waals surface area contributed by atoms with Gasteiger partial charge < -0.3 is 25.6 Å². The van der Waals surface area contributed by atoms with Crippen molar-refractivity contribution in [2.45, 2.75) is 17.7 Å². The highest BCUT2D eigenvalue weighted by Crippen LogP contribution is 2.16. The normalized spacial score (nSPS) is 13.3. The van der Waals surface area contributed by atoms with Crippen LogP contribution in [0.2, 0.25) is 0 Å². The summed E-state index contributed by atoms with van der Waals surface area (Å²) in [4.78, 5) is 43.0.